The van der Waals surface area contributed by atoms with Gasteiger partial charge >= 0.3 is 0 Å². The van der Waals surface area contributed by atoms with E-state index < -0.39 is 10.0 Å². The lowest BCUT2D eigenvalue weighted by Crippen LogP contribution is -2.39. The highest BCUT2D eigenvalue weighted by Gasteiger charge is 2.26. The number of likely N-dealkylation sites (N-methyl/N-ethyl adjacent to an activating group) is 1. The Kier molecular flexibility index (Phi) is 12.2. The van der Waals surface area contributed by atoms with Gasteiger partial charge in [-0.3, -0.25) is 9.69 Å². The van der Waals surface area contributed by atoms with Crippen molar-refractivity contribution >= 4 is 54.4 Å². The summed E-state index contributed by atoms with van der Waals surface area (Å²) in [6, 6.07) is 12.5. The first-order chi connectivity index (χ1) is 18.8. The number of fused-ring (bicyclic) bond motifs is 1. The molecule has 0 N–H and O–H groups in total. The predicted molar refractivity (Wildman–Crippen MR) is 166 cm³/mol. The Labute approximate surface area is 242 Å². The number of para-hydroxylation sites is 1. The average molecular weight is 591 g/mol. The number of benzene rings is 2. The number of rotatable bonds is 16. The number of hydrogen-bond donors (Lipinski definition) is 0. The second kappa shape index (κ2) is 15.1. The molecule has 0 fully saturated rings. The number of aromatic nitrogens is 1. The molecular formula is C29H42N4O3S3. The van der Waals surface area contributed by atoms with E-state index in [-0.39, 0.29) is 10.8 Å². The summed E-state index contributed by atoms with van der Waals surface area (Å²) in [7, 11) is -3.62. The Hall–Kier alpha value is -1.98. The topological polar surface area (TPSA) is 73.8 Å². The third-order valence-corrected chi connectivity index (χ3v) is 10.6. The number of unbranched alkanes of at least 4 members (excludes halogenated alkanes) is 2. The van der Waals surface area contributed by atoms with E-state index in [1.807, 2.05) is 24.5 Å². The SMILES string of the molecule is CCCCN(CCCC)S(=O)(=O)c1ccc(C(=O)N(CCN(CC)CC)c2nc3c(SC)cccc3s2)cc1. The van der Waals surface area contributed by atoms with E-state index in [1.165, 1.54) is 11.3 Å². The molecule has 0 unspecified atom stereocenters. The zero-order valence-corrected chi connectivity index (χ0v) is 26.3. The van der Waals surface area contributed by atoms with Gasteiger partial charge in [0.15, 0.2) is 5.13 Å². The third kappa shape index (κ3) is 7.82. The van der Waals surface area contributed by atoms with Crippen molar-refractivity contribution in [3.63, 3.8) is 0 Å². The summed E-state index contributed by atoms with van der Waals surface area (Å²) in [5.74, 6) is -0.176. The number of amides is 1. The van der Waals surface area contributed by atoms with Gasteiger partial charge < -0.3 is 4.90 Å². The van der Waals surface area contributed by atoms with Gasteiger partial charge in [-0.2, -0.15) is 4.31 Å². The molecule has 10 heteroatoms. The number of carbonyl (C=O) groups excluding carboxylic acids is 1. The van der Waals surface area contributed by atoms with Gasteiger partial charge in [0.25, 0.3) is 5.91 Å². The molecule has 0 atom stereocenters. The van der Waals surface area contributed by atoms with Crippen LogP contribution in [0.1, 0.15) is 63.7 Å². The lowest BCUT2D eigenvalue weighted by Gasteiger charge is -2.25. The standard InChI is InChI=1S/C29H42N4O3S3/c1-6-10-19-32(20-11-7-2)39(35,36)24-17-15-23(16-18-24)28(34)33(22-21-31(8-3)9-4)29-30-27-25(37-5)13-12-14-26(27)38-29/h12-18H,6-11,19-22H2,1-5H3. The highest BCUT2D eigenvalue weighted by Crippen LogP contribution is 2.34. The second-order valence-corrected chi connectivity index (χ2v) is 13.2. The molecule has 0 aliphatic carbocycles. The van der Waals surface area contributed by atoms with Crippen LogP contribution < -0.4 is 4.90 Å². The fourth-order valence-corrected chi connectivity index (χ4v) is 7.51. The van der Waals surface area contributed by atoms with Crippen LogP contribution in [-0.2, 0) is 10.0 Å². The quantitative estimate of drug-likeness (QED) is 0.175. The van der Waals surface area contributed by atoms with Gasteiger partial charge in [-0.25, -0.2) is 13.4 Å². The van der Waals surface area contributed by atoms with Crippen LogP contribution >= 0.6 is 23.1 Å². The minimum Gasteiger partial charge on any atom is -0.302 e. The zero-order valence-electron chi connectivity index (χ0n) is 23.9. The summed E-state index contributed by atoms with van der Waals surface area (Å²) in [5.41, 5.74) is 1.36. The van der Waals surface area contributed by atoms with Crippen molar-refractivity contribution in [2.45, 2.75) is 63.2 Å². The number of hydrogen-bond acceptors (Lipinski definition) is 7. The molecule has 0 aliphatic heterocycles. The van der Waals surface area contributed by atoms with Crippen LogP contribution in [0.5, 0.6) is 0 Å². The Balaban J connectivity index is 1.92. The molecule has 214 valence electrons. The fourth-order valence-electron chi connectivity index (χ4n) is 4.35. The van der Waals surface area contributed by atoms with Crippen LogP contribution in [0.4, 0.5) is 5.13 Å². The maximum absolute atomic E-state index is 13.9. The van der Waals surface area contributed by atoms with Crippen molar-refractivity contribution < 1.29 is 13.2 Å². The summed E-state index contributed by atoms with van der Waals surface area (Å²) < 4.78 is 29.4. The molecule has 2 aromatic carbocycles. The van der Waals surface area contributed by atoms with Crippen LogP contribution in [0.2, 0.25) is 0 Å². The Morgan fingerprint density at radius 1 is 0.897 bits per heavy atom. The molecule has 1 aromatic heterocycles. The largest absolute Gasteiger partial charge is 0.302 e. The Morgan fingerprint density at radius 2 is 1.54 bits per heavy atom. The Morgan fingerprint density at radius 3 is 2.10 bits per heavy atom. The van der Waals surface area contributed by atoms with Crippen molar-refractivity contribution in [1.29, 1.82) is 0 Å². The minimum atomic E-state index is -3.62. The average Bonchev–Trinajstić information content (AvgIpc) is 3.39. The minimum absolute atomic E-state index is 0.176. The molecule has 0 spiro atoms. The molecule has 3 aromatic rings. The third-order valence-electron chi connectivity index (χ3n) is 6.86. The summed E-state index contributed by atoms with van der Waals surface area (Å²) in [4.78, 5) is 24.1. The summed E-state index contributed by atoms with van der Waals surface area (Å²) >= 11 is 3.15. The number of nitrogens with zero attached hydrogens (tertiary/aromatic N) is 4. The van der Waals surface area contributed by atoms with Gasteiger partial charge in [0.1, 0.15) is 0 Å². The zero-order chi connectivity index (χ0) is 28.4. The van der Waals surface area contributed by atoms with Crippen molar-refractivity contribution in [3.05, 3.63) is 48.0 Å². The first-order valence-corrected chi connectivity index (χ1v) is 17.4. The van der Waals surface area contributed by atoms with Crippen molar-refractivity contribution in [2.75, 3.05) is 50.4 Å². The molecule has 0 bridgehead atoms. The van der Waals surface area contributed by atoms with E-state index in [2.05, 4.69) is 32.6 Å². The van der Waals surface area contributed by atoms with E-state index in [4.69, 9.17) is 4.98 Å². The molecule has 7 nitrogen and oxygen atoms in total. The number of sulfonamides is 1. The van der Waals surface area contributed by atoms with E-state index >= 15 is 0 Å². The number of thioether (sulfide) groups is 1. The van der Waals surface area contributed by atoms with Gasteiger partial charge in [0.2, 0.25) is 10.0 Å². The van der Waals surface area contributed by atoms with Crippen LogP contribution in [-0.4, -0.2) is 74.0 Å². The molecule has 1 heterocycles. The van der Waals surface area contributed by atoms with Gasteiger partial charge in [0, 0.05) is 36.6 Å². The maximum Gasteiger partial charge on any atom is 0.260 e. The van der Waals surface area contributed by atoms with Crippen molar-refractivity contribution in [1.82, 2.24) is 14.2 Å². The second-order valence-electron chi connectivity index (χ2n) is 9.42. The van der Waals surface area contributed by atoms with E-state index in [1.54, 1.807) is 45.2 Å². The summed E-state index contributed by atoms with van der Waals surface area (Å²) in [6.07, 6.45) is 5.53. The molecule has 39 heavy (non-hydrogen) atoms. The lowest BCUT2D eigenvalue weighted by molar-refractivity contribution is 0.0983. The summed E-state index contributed by atoms with van der Waals surface area (Å²) in [5, 5.41) is 0.658. The number of thiazole rings is 1. The van der Waals surface area contributed by atoms with Crippen molar-refractivity contribution in [3.8, 4) is 0 Å². The highest BCUT2D eigenvalue weighted by atomic mass is 32.2. The number of carbonyl (C=O) groups is 1. The van der Waals surface area contributed by atoms with Gasteiger partial charge in [-0.05, 0) is 68.6 Å². The molecule has 0 aliphatic rings. The first kappa shape index (κ1) is 31.5. The molecule has 3 rings (SSSR count). The van der Waals surface area contributed by atoms with Crippen LogP contribution in [0, 0.1) is 0 Å². The van der Waals surface area contributed by atoms with Crippen LogP contribution in [0.3, 0.4) is 0 Å². The van der Waals surface area contributed by atoms with Crippen molar-refractivity contribution in [2.24, 2.45) is 0 Å². The molecule has 1 amide bonds. The van der Waals surface area contributed by atoms with Gasteiger partial charge in [0.05, 0.1) is 15.1 Å². The van der Waals surface area contributed by atoms with E-state index in [0.717, 1.165) is 60.4 Å². The first-order valence-electron chi connectivity index (χ1n) is 13.9. The number of anilines is 1. The van der Waals surface area contributed by atoms with Gasteiger partial charge in [-0.1, -0.05) is 57.9 Å². The molecular weight excluding hydrogens is 549 g/mol. The smallest absolute Gasteiger partial charge is 0.260 e. The van der Waals surface area contributed by atoms with Crippen LogP contribution in [0.15, 0.2) is 52.3 Å². The van der Waals surface area contributed by atoms with Gasteiger partial charge in [-0.15, -0.1) is 11.8 Å². The molecule has 0 saturated heterocycles. The van der Waals surface area contributed by atoms with Crippen LogP contribution in [0.25, 0.3) is 10.2 Å². The van der Waals surface area contributed by atoms with E-state index in [9.17, 15) is 13.2 Å². The fraction of sp³-hybridized carbons (Fsp3) is 0.517. The summed E-state index contributed by atoms with van der Waals surface area (Å²) in [6.45, 7) is 12.4. The van der Waals surface area contributed by atoms with E-state index in [0.29, 0.717) is 30.3 Å². The normalized spacial score (nSPS) is 12.1. The molecule has 0 saturated carbocycles. The molecule has 0 radical (unpaired) electrons. The monoisotopic (exact) mass is 590 g/mol. The lowest BCUT2D eigenvalue weighted by atomic mass is 10.2. The maximum atomic E-state index is 13.9. The predicted octanol–water partition coefficient (Wildman–Crippen LogP) is 6.60. The Bertz CT molecular complexity index is 1300. The highest BCUT2D eigenvalue weighted by molar-refractivity contribution is 7.98.